The number of carbonyl (C=O) groups is 2. The lowest BCUT2D eigenvalue weighted by Crippen LogP contribution is -2.23. The second-order valence-electron chi connectivity index (χ2n) is 6.83. The van der Waals surface area contributed by atoms with Gasteiger partial charge in [-0.15, -0.1) is 0 Å². The van der Waals surface area contributed by atoms with E-state index in [1.165, 1.54) is 7.11 Å². The molecule has 1 heterocycles. The van der Waals surface area contributed by atoms with Crippen LogP contribution in [0.3, 0.4) is 0 Å². The second-order valence-corrected chi connectivity index (χ2v) is 6.83. The number of fused-ring (bicyclic) bond motifs is 1. The van der Waals surface area contributed by atoms with Crippen molar-refractivity contribution in [3.05, 3.63) is 48.2 Å². The summed E-state index contributed by atoms with van der Waals surface area (Å²) >= 11 is 0. The molecule has 2 N–H and O–H groups in total. The summed E-state index contributed by atoms with van der Waals surface area (Å²) < 4.78 is 16.3. The number of nitrogens with one attached hydrogen (secondary N) is 2. The molecule has 0 bridgehead atoms. The molecule has 0 atom stereocenters. The lowest BCUT2D eigenvalue weighted by atomic mass is 10.0. The fourth-order valence-electron chi connectivity index (χ4n) is 3.30. The van der Waals surface area contributed by atoms with Gasteiger partial charge in [-0.2, -0.15) is 0 Å². The second kappa shape index (κ2) is 9.35. The Balaban J connectivity index is 1.97. The molecule has 0 aliphatic rings. The molecule has 0 aliphatic heterocycles. The summed E-state index contributed by atoms with van der Waals surface area (Å²) in [5.41, 5.74) is 1.35. The van der Waals surface area contributed by atoms with Crippen molar-refractivity contribution in [2.45, 2.75) is 26.7 Å². The topological polar surface area (TPSA) is 89.8 Å². The van der Waals surface area contributed by atoms with Crippen LogP contribution in [0.5, 0.6) is 11.5 Å². The van der Waals surface area contributed by atoms with E-state index in [2.05, 4.69) is 10.6 Å². The van der Waals surface area contributed by atoms with Crippen molar-refractivity contribution in [1.82, 2.24) is 0 Å². The molecule has 3 rings (SSSR count). The van der Waals surface area contributed by atoms with Gasteiger partial charge in [0.05, 0.1) is 19.9 Å². The van der Waals surface area contributed by atoms with Crippen molar-refractivity contribution in [2.24, 2.45) is 5.92 Å². The zero-order chi connectivity index (χ0) is 21.7. The minimum absolute atomic E-state index is 0.0355. The monoisotopic (exact) mass is 410 g/mol. The molecule has 7 nitrogen and oxygen atoms in total. The maximum atomic E-state index is 13.1. The summed E-state index contributed by atoms with van der Waals surface area (Å²) in [6.07, 6.45) is 1.42. The van der Waals surface area contributed by atoms with E-state index in [0.29, 0.717) is 46.7 Å². The zero-order valence-corrected chi connectivity index (χ0v) is 17.6. The summed E-state index contributed by atoms with van der Waals surface area (Å²) in [5.74, 6) is 0.315. The normalized spacial score (nSPS) is 10.8. The van der Waals surface area contributed by atoms with Gasteiger partial charge < -0.3 is 24.5 Å². The molecular formula is C23H26N2O5. The zero-order valence-electron chi connectivity index (χ0n) is 17.6. The van der Waals surface area contributed by atoms with Crippen LogP contribution in [0.4, 0.5) is 11.4 Å². The number of carbonyl (C=O) groups excluding carboxylic acids is 2. The van der Waals surface area contributed by atoms with E-state index in [9.17, 15) is 9.59 Å². The number of rotatable bonds is 8. The molecule has 2 aromatic carbocycles. The Kier molecular flexibility index (Phi) is 6.61. The number of hydrogen-bond donors (Lipinski definition) is 2. The van der Waals surface area contributed by atoms with Gasteiger partial charge in [0.25, 0.3) is 5.91 Å². The van der Waals surface area contributed by atoms with Gasteiger partial charge in [-0.1, -0.05) is 26.0 Å². The number of anilines is 2. The third-order valence-electron chi connectivity index (χ3n) is 5.06. The first kappa shape index (κ1) is 21.2. The van der Waals surface area contributed by atoms with Gasteiger partial charge in [-0.3, -0.25) is 9.59 Å². The van der Waals surface area contributed by atoms with Crippen molar-refractivity contribution >= 4 is 34.2 Å². The lowest BCUT2D eigenvalue weighted by molar-refractivity contribution is -0.120. The Labute approximate surface area is 175 Å². The highest BCUT2D eigenvalue weighted by molar-refractivity contribution is 6.15. The van der Waals surface area contributed by atoms with E-state index >= 15 is 0 Å². The number of amides is 2. The fourth-order valence-corrected chi connectivity index (χ4v) is 3.30. The maximum absolute atomic E-state index is 13.1. The molecule has 0 unspecified atom stereocenters. The smallest absolute Gasteiger partial charge is 0.293 e. The summed E-state index contributed by atoms with van der Waals surface area (Å²) in [4.78, 5) is 25.8. The van der Waals surface area contributed by atoms with E-state index in [0.717, 1.165) is 0 Å². The molecule has 7 heteroatoms. The van der Waals surface area contributed by atoms with Gasteiger partial charge >= 0.3 is 0 Å². The molecule has 0 spiro atoms. The predicted molar refractivity (Wildman–Crippen MR) is 116 cm³/mol. The van der Waals surface area contributed by atoms with Crippen molar-refractivity contribution in [3.8, 4) is 11.5 Å². The van der Waals surface area contributed by atoms with Crippen LogP contribution < -0.4 is 20.1 Å². The van der Waals surface area contributed by atoms with Crippen LogP contribution in [0.2, 0.25) is 0 Å². The lowest BCUT2D eigenvalue weighted by Gasteiger charge is -2.14. The highest BCUT2D eigenvalue weighted by Gasteiger charge is 2.25. The largest absolute Gasteiger partial charge is 0.497 e. The third-order valence-corrected chi connectivity index (χ3v) is 5.06. The molecule has 30 heavy (non-hydrogen) atoms. The molecule has 0 radical (unpaired) electrons. The van der Waals surface area contributed by atoms with Gasteiger partial charge in [0, 0.05) is 17.4 Å². The van der Waals surface area contributed by atoms with E-state index in [1.807, 2.05) is 32.0 Å². The molecule has 3 aromatic rings. The SMILES string of the molecule is CCC(CC)C(=O)Nc1c(C(=O)Nc2ccc(OC)cc2OC)oc2ccccc12. The van der Waals surface area contributed by atoms with Crippen LogP contribution in [-0.2, 0) is 4.79 Å². The Morgan fingerprint density at radius 1 is 1.00 bits per heavy atom. The first-order valence-corrected chi connectivity index (χ1v) is 9.88. The fraction of sp³-hybridized carbons (Fsp3) is 0.304. The van der Waals surface area contributed by atoms with Gasteiger partial charge in [-0.05, 0) is 37.1 Å². The van der Waals surface area contributed by atoms with Gasteiger partial charge in [0.2, 0.25) is 11.7 Å². The molecule has 158 valence electrons. The van der Waals surface area contributed by atoms with Gasteiger partial charge in [-0.25, -0.2) is 0 Å². The van der Waals surface area contributed by atoms with Crippen LogP contribution in [-0.4, -0.2) is 26.0 Å². The Morgan fingerprint density at radius 2 is 1.73 bits per heavy atom. The van der Waals surface area contributed by atoms with Crippen molar-refractivity contribution in [2.75, 3.05) is 24.9 Å². The summed E-state index contributed by atoms with van der Waals surface area (Å²) in [6, 6.07) is 12.3. The third kappa shape index (κ3) is 4.25. The summed E-state index contributed by atoms with van der Waals surface area (Å²) in [7, 11) is 3.06. The predicted octanol–water partition coefficient (Wildman–Crippen LogP) is 5.08. The minimum Gasteiger partial charge on any atom is -0.497 e. The first-order valence-electron chi connectivity index (χ1n) is 9.88. The van der Waals surface area contributed by atoms with E-state index in [4.69, 9.17) is 13.9 Å². The molecule has 2 amide bonds. The number of methoxy groups -OCH3 is 2. The maximum Gasteiger partial charge on any atom is 0.293 e. The number of benzene rings is 2. The highest BCUT2D eigenvalue weighted by Crippen LogP contribution is 2.34. The van der Waals surface area contributed by atoms with E-state index in [1.54, 1.807) is 31.4 Å². The standard InChI is InChI=1S/C23H26N2O5/c1-5-14(6-2)22(26)25-20-16-9-7-8-10-18(16)30-21(20)23(27)24-17-12-11-15(28-3)13-19(17)29-4/h7-14H,5-6H2,1-4H3,(H,24,27)(H,25,26). The summed E-state index contributed by atoms with van der Waals surface area (Å²) in [5, 5.41) is 6.37. The Bertz CT molecular complexity index is 1050. The van der Waals surface area contributed by atoms with E-state index in [-0.39, 0.29) is 17.6 Å². The first-order chi connectivity index (χ1) is 14.5. The molecule has 1 aromatic heterocycles. The average molecular weight is 410 g/mol. The average Bonchev–Trinajstić information content (AvgIpc) is 3.13. The molecule has 0 fully saturated rings. The van der Waals surface area contributed by atoms with Crippen LogP contribution in [0.15, 0.2) is 46.9 Å². The summed E-state index contributed by atoms with van der Waals surface area (Å²) in [6.45, 7) is 3.93. The number of hydrogen-bond acceptors (Lipinski definition) is 5. The quantitative estimate of drug-likeness (QED) is 0.541. The van der Waals surface area contributed by atoms with Crippen LogP contribution in [0.1, 0.15) is 37.2 Å². The molecule has 0 aliphatic carbocycles. The number of para-hydroxylation sites is 1. The van der Waals surface area contributed by atoms with Crippen molar-refractivity contribution < 1.29 is 23.5 Å². The van der Waals surface area contributed by atoms with Crippen molar-refractivity contribution in [3.63, 3.8) is 0 Å². The number of ether oxygens (including phenoxy) is 2. The van der Waals surface area contributed by atoms with Crippen LogP contribution >= 0.6 is 0 Å². The van der Waals surface area contributed by atoms with Crippen LogP contribution in [0, 0.1) is 5.92 Å². The minimum atomic E-state index is -0.491. The van der Waals surface area contributed by atoms with Crippen LogP contribution in [0.25, 0.3) is 11.0 Å². The van der Waals surface area contributed by atoms with Gasteiger partial charge in [0.15, 0.2) is 0 Å². The van der Waals surface area contributed by atoms with Gasteiger partial charge in [0.1, 0.15) is 22.8 Å². The van der Waals surface area contributed by atoms with Crippen molar-refractivity contribution in [1.29, 1.82) is 0 Å². The Hall–Kier alpha value is -3.48. The van der Waals surface area contributed by atoms with E-state index < -0.39 is 5.91 Å². The highest BCUT2D eigenvalue weighted by atomic mass is 16.5. The Morgan fingerprint density at radius 3 is 2.40 bits per heavy atom. The molecule has 0 saturated carbocycles. The molecule has 0 saturated heterocycles. The molecular weight excluding hydrogens is 384 g/mol. The number of furan rings is 1.